The summed E-state index contributed by atoms with van der Waals surface area (Å²) >= 11 is 7.38. The highest BCUT2D eigenvalue weighted by Gasteiger charge is 2.32. The maximum absolute atomic E-state index is 12.9. The molecule has 5 rings (SSSR count). The molecule has 3 amide bonds. The first-order valence-electron chi connectivity index (χ1n) is 10.9. The Morgan fingerprint density at radius 3 is 2.55 bits per heavy atom. The molecular formula is C24H23ClN4O3S. The molecule has 7 nitrogen and oxygen atoms in total. The minimum absolute atomic E-state index is 0.0596. The molecule has 0 spiro atoms. The lowest BCUT2D eigenvalue weighted by Crippen LogP contribution is -2.51. The lowest BCUT2D eigenvalue weighted by atomic mass is 10.1. The van der Waals surface area contributed by atoms with Crippen LogP contribution in [0.3, 0.4) is 0 Å². The first-order chi connectivity index (χ1) is 16.0. The quantitative estimate of drug-likeness (QED) is 0.595. The van der Waals surface area contributed by atoms with E-state index in [1.165, 1.54) is 11.8 Å². The zero-order chi connectivity index (χ0) is 22.9. The molecular weight excluding hydrogens is 460 g/mol. The van der Waals surface area contributed by atoms with Crippen molar-refractivity contribution in [2.45, 2.75) is 23.0 Å². The fourth-order valence-corrected chi connectivity index (χ4v) is 5.56. The van der Waals surface area contributed by atoms with Gasteiger partial charge < -0.3 is 20.1 Å². The van der Waals surface area contributed by atoms with Crippen molar-refractivity contribution >= 4 is 57.7 Å². The molecule has 1 aromatic heterocycles. The van der Waals surface area contributed by atoms with Gasteiger partial charge in [0.1, 0.15) is 0 Å². The third-order valence-corrected chi connectivity index (χ3v) is 7.63. The van der Waals surface area contributed by atoms with Crippen LogP contribution < -0.4 is 5.32 Å². The number of thioether (sulfide) groups is 1. The average molecular weight is 483 g/mol. The molecule has 170 valence electrons. The summed E-state index contributed by atoms with van der Waals surface area (Å²) in [6.07, 6.45) is 2.35. The van der Waals surface area contributed by atoms with Crippen LogP contribution in [0.4, 0.5) is 5.69 Å². The van der Waals surface area contributed by atoms with Crippen LogP contribution >= 0.6 is 23.4 Å². The van der Waals surface area contributed by atoms with Gasteiger partial charge in [0.05, 0.1) is 17.4 Å². The maximum atomic E-state index is 12.9. The molecule has 1 unspecified atom stereocenters. The van der Waals surface area contributed by atoms with E-state index >= 15 is 0 Å². The Kier molecular flexibility index (Phi) is 6.03. The van der Waals surface area contributed by atoms with Crippen molar-refractivity contribution in [1.82, 2.24) is 14.8 Å². The van der Waals surface area contributed by atoms with E-state index in [0.717, 1.165) is 21.4 Å². The number of carbonyl (C=O) groups excluding carboxylic acids is 3. The molecule has 1 fully saturated rings. The Balaban J connectivity index is 1.15. The van der Waals surface area contributed by atoms with Gasteiger partial charge in [0.25, 0.3) is 0 Å². The van der Waals surface area contributed by atoms with Crippen molar-refractivity contribution in [1.29, 1.82) is 0 Å². The number of piperazine rings is 1. The lowest BCUT2D eigenvalue weighted by Gasteiger charge is -2.35. The summed E-state index contributed by atoms with van der Waals surface area (Å²) in [5.41, 5.74) is 2.69. The van der Waals surface area contributed by atoms with Gasteiger partial charge in [-0.2, -0.15) is 0 Å². The molecule has 3 heterocycles. The standard InChI is InChI=1S/C24H23ClN4O3S/c25-16-5-6-20-19(12-16)27-24(32)21(33-20)13-23(31)29-9-7-28(8-10-29)22(30)11-15-14-26-18-4-2-1-3-17(15)18/h1-6,12,14,21,26H,7-11,13H2,(H,27,32). The van der Waals surface area contributed by atoms with Crippen LogP contribution in [0.1, 0.15) is 12.0 Å². The summed E-state index contributed by atoms with van der Waals surface area (Å²) in [5.74, 6) is -0.191. The highest BCUT2D eigenvalue weighted by atomic mass is 35.5. The van der Waals surface area contributed by atoms with E-state index in [9.17, 15) is 14.4 Å². The molecule has 2 N–H and O–H groups in total. The average Bonchev–Trinajstić information content (AvgIpc) is 3.22. The minimum atomic E-state index is -0.479. The number of para-hydroxylation sites is 1. The summed E-state index contributed by atoms with van der Waals surface area (Å²) in [4.78, 5) is 45.8. The normalized spacial score (nSPS) is 18.2. The van der Waals surface area contributed by atoms with E-state index in [-0.39, 0.29) is 24.1 Å². The number of nitrogens with one attached hydrogen (secondary N) is 2. The number of carbonyl (C=O) groups is 3. The molecule has 3 aromatic rings. The largest absolute Gasteiger partial charge is 0.361 e. The Bertz CT molecular complexity index is 1240. The van der Waals surface area contributed by atoms with Crippen molar-refractivity contribution in [2.75, 3.05) is 31.5 Å². The molecule has 2 aliphatic heterocycles. The van der Waals surface area contributed by atoms with Crippen LogP contribution in [-0.2, 0) is 20.8 Å². The SMILES string of the molecule is O=C1Nc2cc(Cl)ccc2SC1CC(=O)N1CCN(C(=O)Cc2c[nH]c3ccccc23)CC1. The number of aromatic nitrogens is 1. The lowest BCUT2D eigenvalue weighted by molar-refractivity contribution is -0.139. The molecule has 0 saturated carbocycles. The zero-order valence-electron chi connectivity index (χ0n) is 17.8. The van der Waals surface area contributed by atoms with Gasteiger partial charge in [-0.15, -0.1) is 11.8 Å². The second kappa shape index (κ2) is 9.11. The summed E-state index contributed by atoms with van der Waals surface area (Å²) in [6, 6.07) is 13.3. The number of amides is 3. The Morgan fingerprint density at radius 2 is 1.76 bits per heavy atom. The van der Waals surface area contributed by atoms with Crippen LogP contribution in [0, 0.1) is 0 Å². The smallest absolute Gasteiger partial charge is 0.238 e. The van der Waals surface area contributed by atoms with Gasteiger partial charge in [0.2, 0.25) is 17.7 Å². The van der Waals surface area contributed by atoms with Crippen LogP contribution in [0.15, 0.2) is 53.6 Å². The summed E-state index contributed by atoms with van der Waals surface area (Å²) < 4.78 is 0. The van der Waals surface area contributed by atoms with Gasteiger partial charge in [-0.1, -0.05) is 29.8 Å². The van der Waals surface area contributed by atoms with Crippen LogP contribution in [0.5, 0.6) is 0 Å². The third kappa shape index (κ3) is 4.58. The van der Waals surface area contributed by atoms with E-state index in [4.69, 9.17) is 11.6 Å². The van der Waals surface area contributed by atoms with Crippen LogP contribution in [0.25, 0.3) is 10.9 Å². The number of anilines is 1. The Morgan fingerprint density at radius 1 is 1.03 bits per heavy atom. The minimum Gasteiger partial charge on any atom is -0.361 e. The Labute approximate surface area is 200 Å². The van der Waals surface area contributed by atoms with Gasteiger partial charge in [0.15, 0.2) is 0 Å². The fourth-order valence-electron chi connectivity index (χ4n) is 4.30. The number of nitrogens with zero attached hydrogens (tertiary/aromatic N) is 2. The van der Waals surface area contributed by atoms with E-state index in [1.807, 2.05) is 41.4 Å². The number of H-pyrrole nitrogens is 1. The summed E-state index contributed by atoms with van der Waals surface area (Å²) in [5, 5.41) is 3.98. The number of benzene rings is 2. The van der Waals surface area contributed by atoms with Crippen molar-refractivity contribution < 1.29 is 14.4 Å². The molecule has 9 heteroatoms. The van der Waals surface area contributed by atoms with E-state index in [2.05, 4.69) is 10.3 Å². The fraction of sp³-hybridized carbons (Fsp3) is 0.292. The van der Waals surface area contributed by atoms with Crippen LogP contribution in [0.2, 0.25) is 5.02 Å². The number of fused-ring (bicyclic) bond motifs is 2. The van der Waals surface area contributed by atoms with E-state index < -0.39 is 5.25 Å². The predicted octanol–water partition coefficient (Wildman–Crippen LogP) is 3.54. The highest BCUT2D eigenvalue weighted by molar-refractivity contribution is 8.01. The number of halogens is 1. The van der Waals surface area contributed by atoms with Gasteiger partial charge in [0, 0.05) is 59.6 Å². The number of hydrogen-bond acceptors (Lipinski definition) is 4. The molecule has 1 atom stereocenters. The molecule has 2 aliphatic rings. The molecule has 0 radical (unpaired) electrons. The first kappa shape index (κ1) is 21.9. The van der Waals surface area contributed by atoms with Gasteiger partial charge in [-0.25, -0.2) is 0 Å². The van der Waals surface area contributed by atoms with Crippen molar-refractivity contribution in [3.8, 4) is 0 Å². The number of hydrogen-bond donors (Lipinski definition) is 2. The van der Waals surface area contributed by atoms with E-state index in [0.29, 0.717) is 43.3 Å². The second-order valence-electron chi connectivity index (χ2n) is 8.24. The number of rotatable bonds is 4. The molecule has 33 heavy (non-hydrogen) atoms. The summed E-state index contributed by atoms with van der Waals surface area (Å²) in [7, 11) is 0. The van der Waals surface area contributed by atoms with Gasteiger partial charge in [-0.05, 0) is 29.8 Å². The topological polar surface area (TPSA) is 85.5 Å². The molecule has 1 saturated heterocycles. The molecule has 2 aromatic carbocycles. The summed E-state index contributed by atoms with van der Waals surface area (Å²) in [6.45, 7) is 1.95. The number of aromatic amines is 1. The Hall–Kier alpha value is -2.97. The molecule has 0 bridgehead atoms. The third-order valence-electron chi connectivity index (χ3n) is 6.12. The monoisotopic (exact) mass is 482 g/mol. The van der Waals surface area contributed by atoms with Crippen molar-refractivity contribution in [2.24, 2.45) is 0 Å². The van der Waals surface area contributed by atoms with Gasteiger partial charge in [-0.3, -0.25) is 14.4 Å². The van der Waals surface area contributed by atoms with Crippen molar-refractivity contribution in [3.63, 3.8) is 0 Å². The van der Waals surface area contributed by atoms with Crippen LogP contribution in [-0.4, -0.2) is 63.9 Å². The highest BCUT2D eigenvalue weighted by Crippen LogP contribution is 2.38. The second-order valence-corrected chi connectivity index (χ2v) is 9.92. The predicted molar refractivity (Wildman–Crippen MR) is 130 cm³/mol. The zero-order valence-corrected chi connectivity index (χ0v) is 19.4. The maximum Gasteiger partial charge on any atom is 0.238 e. The van der Waals surface area contributed by atoms with E-state index in [1.54, 1.807) is 17.0 Å². The molecule has 0 aliphatic carbocycles. The first-order valence-corrected chi connectivity index (χ1v) is 12.1. The van der Waals surface area contributed by atoms with Gasteiger partial charge >= 0.3 is 0 Å². The van der Waals surface area contributed by atoms with Crippen molar-refractivity contribution in [3.05, 3.63) is 59.2 Å².